The molecule has 6 heteroatoms. The molecule has 32 heavy (non-hydrogen) atoms. The maximum atomic E-state index is 13.1. The molecule has 1 saturated carbocycles. The maximum Gasteiger partial charge on any atom is 0.225 e. The summed E-state index contributed by atoms with van der Waals surface area (Å²) in [7, 11) is 1.66. The van der Waals surface area contributed by atoms with E-state index >= 15 is 0 Å². The number of para-hydroxylation sites is 2. The number of hydrogen-bond acceptors (Lipinski definition) is 5. The van der Waals surface area contributed by atoms with Crippen molar-refractivity contribution in [2.24, 2.45) is 10.9 Å². The zero-order valence-corrected chi connectivity index (χ0v) is 18.8. The minimum atomic E-state index is 0.221. The van der Waals surface area contributed by atoms with Gasteiger partial charge in [-0.15, -0.1) is 0 Å². The Labute approximate surface area is 189 Å². The minimum absolute atomic E-state index is 0.221. The van der Waals surface area contributed by atoms with E-state index in [2.05, 4.69) is 9.80 Å². The average molecular weight is 434 g/mol. The van der Waals surface area contributed by atoms with Crippen molar-refractivity contribution in [2.45, 2.75) is 38.5 Å². The number of amidine groups is 1. The van der Waals surface area contributed by atoms with Gasteiger partial charge in [0.05, 0.1) is 12.7 Å². The lowest BCUT2D eigenvalue weighted by molar-refractivity contribution is -0.136. The first kappa shape index (κ1) is 20.9. The SMILES string of the molecule is COc1ccc2c(c1)Oc1ccccc1N=C2N1CCCN(C(=O)C2CCCCC2)CC1. The summed E-state index contributed by atoms with van der Waals surface area (Å²) in [5.74, 6) is 3.71. The summed E-state index contributed by atoms with van der Waals surface area (Å²) in [4.78, 5) is 22.6. The Morgan fingerprint density at radius 2 is 1.81 bits per heavy atom. The highest BCUT2D eigenvalue weighted by Crippen LogP contribution is 2.39. The number of benzene rings is 2. The first-order valence-electron chi connectivity index (χ1n) is 11.8. The molecular weight excluding hydrogens is 402 g/mol. The summed E-state index contributed by atoms with van der Waals surface area (Å²) >= 11 is 0. The number of methoxy groups -OCH3 is 1. The molecule has 0 atom stereocenters. The van der Waals surface area contributed by atoms with E-state index in [1.54, 1.807) is 7.11 Å². The molecule has 6 nitrogen and oxygen atoms in total. The van der Waals surface area contributed by atoms with Crippen LogP contribution in [-0.2, 0) is 4.79 Å². The fourth-order valence-electron chi connectivity index (χ4n) is 5.03. The van der Waals surface area contributed by atoms with Crippen LogP contribution in [0.3, 0.4) is 0 Å². The first-order valence-corrected chi connectivity index (χ1v) is 11.8. The van der Waals surface area contributed by atoms with Gasteiger partial charge in [0, 0.05) is 38.2 Å². The summed E-state index contributed by atoms with van der Waals surface area (Å²) in [6.07, 6.45) is 6.68. The maximum absolute atomic E-state index is 13.1. The van der Waals surface area contributed by atoms with Gasteiger partial charge in [-0.2, -0.15) is 0 Å². The van der Waals surface area contributed by atoms with Gasteiger partial charge >= 0.3 is 0 Å². The molecule has 1 saturated heterocycles. The van der Waals surface area contributed by atoms with Gasteiger partial charge in [-0.1, -0.05) is 31.4 Å². The molecule has 2 heterocycles. The van der Waals surface area contributed by atoms with Crippen LogP contribution in [0.1, 0.15) is 44.1 Å². The van der Waals surface area contributed by atoms with E-state index in [0.717, 1.165) is 79.8 Å². The lowest BCUT2D eigenvalue weighted by Gasteiger charge is -2.29. The number of carbonyl (C=O) groups excluding carboxylic acids is 1. The monoisotopic (exact) mass is 433 g/mol. The Balaban J connectivity index is 1.42. The van der Waals surface area contributed by atoms with Gasteiger partial charge in [0.1, 0.15) is 23.0 Å². The normalized spacial score (nSPS) is 19.1. The number of rotatable bonds is 2. The second kappa shape index (κ2) is 9.23. The van der Waals surface area contributed by atoms with Crippen LogP contribution in [0.2, 0.25) is 0 Å². The zero-order valence-electron chi connectivity index (χ0n) is 18.8. The van der Waals surface area contributed by atoms with Gasteiger partial charge in [-0.3, -0.25) is 4.79 Å². The lowest BCUT2D eigenvalue weighted by Crippen LogP contribution is -2.40. The van der Waals surface area contributed by atoms with Crippen LogP contribution < -0.4 is 9.47 Å². The fraction of sp³-hybridized carbons (Fsp3) is 0.462. The highest BCUT2D eigenvalue weighted by atomic mass is 16.5. The van der Waals surface area contributed by atoms with Gasteiger partial charge < -0.3 is 19.3 Å². The largest absolute Gasteiger partial charge is 0.497 e. The van der Waals surface area contributed by atoms with E-state index in [4.69, 9.17) is 14.5 Å². The Hall–Kier alpha value is -3.02. The van der Waals surface area contributed by atoms with Crippen molar-refractivity contribution >= 4 is 17.4 Å². The van der Waals surface area contributed by atoms with Crippen LogP contribution >= 0.6 is 0 Å². The molecule has 3 aliphatic rings. The molecule has 2 aliphatic heterocycles. The van der Waals surface area contributed by atoms with Crippen molar-refractivity contribution in [3.05, 3.63) is 48.0 Å². The quantitative estimate of drug-likeness (QED) is 0.669. The van der Waals surface area contributed by atoms with Gasteiger partial charge in [0.2, 0.25) is 5.91 Å². The molecule has 0 aromatic heterocycles. The molecule has 2 aromatic carbocycles. The third-order valence-electron chi connectivity index (χ3n) is 6.80. The molecule has 0 spiro atoms. The van der Waals surface area contributed by atoms with E-state index < -0.39 is 0 Å². The first-order chi connectivity index (χ1) is 15.7. The van der Waals surface area contributed by atoms with Gasteiger partial charge in [-0.05, 0) is 43.5 Å². The Bertz CT molecular complexity index is 1010. The molecule has 1 aliphatic carbocycles. The van der Waals surface area contributed by atoms with E-state index in [0.29, 0.717) is 5.91 Å². The number of nitrogens with zero attached hydrogens (tertiary/aromatic N) is 3. The third-order valence-corrected chi connectivity index (χ3v) is 6.80. The number of aliphatic imine (C=N–C) groups is 1. The number of carbonyl (C=O) groups is 1. The van der Waals surface area contributed by atoms with Crippen molar-refractivity contribution in [1.29, 1.82) is 0 Å². The second-order valence-corrected chi connectivity index (χ2v) is 8.87. The molecule has 2 aromatic rings. The molecule has 0 N–H and O–H groups in total. The van der Waals surface area contributed by atoms with Crippen LogP contribution in [0.25, 0.3) is 0 Å². The average Bonchev–Trinajstić information content (AvgIpc) is 3.18. The Kier molecular flexibility index (Phi) is 6.02. The number of amides is 1. The zero-order chi connectivity index (χ0) is 21.9. The van der Waals surface area contributed by atoms with Gasteiger partial charge in [-0.25, -0.2) is 4.99 Å². The summed E-state index contributed by atoms with van der Waals surface area (Å²) in [6.45, 7) is 3.19. The van der Waals surface area contributed by atoms with Crippen molar-refractivity contribution in [3.63, 3.8) is 0 Å². The van der Waals surface area contributed by atoms with Gasteiger partial charge in [0.25, 0.3) is 0 Å². The van der Waals surface area contributed by atoms with Crippen LogP contribution in [-0.4, -0.2) is 54.8 Å². The molecule has 168 valence electrons. The van der Waals surface area contributed by atoms with Crippen LogP contribution in [0.4, 0.5) is 5.69 Å². The van der Waals surface area contributed by atoms with E-state index in [1.165, 1.54) is 19.3 Å². The Morgan fingerprint density at radius 1 is 0.969 bits per heavy atom. The van der Waals surface area contributed by atoms with E-state index in [9.17, 15) is 4.79 Å². The molecule has 0 radical (unpaired) electrons. The minimum Gasteiger partial charge on any atom is -0.497 e. The molecule has 5 rings (SSSR count). The van der Waals surface area contributed by atoms with Crippen LogP contribution in [0.15, 0.2) is 47.5 Å². The second-order valence-electron chi connectivity index (χ2n) is 8.87. The topological polar surface area (TPSA) is 54.4 Å². The predicted molar refractivity (Wildman–Crippen MR) is 125 cm³/mol. The summed E-state index contributed by atoms with van der Waals surface area (Å²) < 4.78 is 11.7. The van der Waals surface area contributed by atoms with Crippen molar-refractivity contribution in [3.8, 4) is 17.2 Å². The van der Waals surface area contributed by atoms with Crippen molar-refractivity contribution < 1.29 is 14.3 Å². The molecule has 0 unspecified atom stereocenters. The number of ether oxygens (including phenoxy) is 2. The summed E-state index contributed by atoms with van der Waals surface area (Å²) in [5.41, 5.74) is 1.77. The number of fused-ring (bicyclic) bond motifs is 2. The predicted octanol–water partition coefficient (Wildman–Crippen LogP) is 4.99. The van der Waals surface area contributed by atoms with Crippen molar-refractivity contribution in [1.82, 2.24) is 9.80 Å². The molecule has 0 bridgehead atoms. The molecule has 2 fully saturated rings. The Morgan fingerprint density at radius 3 is 2.66 bits per heavy atom. The van der Waals surface area contributed by atoms with E-state index in [-0.39, 0.29) is 5.92 Å². The van der Waals surface area contributed by atoms with Crippen LogP contribution in [0.5, 0.6) is 17.2 Å². The highest BCUT2D eigenvalue weighted by Gasteiger charge is 2.29. The highest BCUT2D eigenvalue weighted by molar-refractivity contribution is 6.04. The lowest BCUT2D eigenvalue weighted by atomic mass is 9.88. The van der Waals surface area contributed by atoms with E-state index in [1.807, 2.05) is 42.5 Å². The summed E-state index contributed by atoms with van der Waals surface area (Å²) in [6, 6.07) is 13.8. The fourth-order valence-corrected chi connectivity index (χ4v) is 5.03. The smallest absolute Gasteiger partial charge is 0.225 e. The standard InChI is InChI=1S/C26H31N3O3/c1-31-20-12-13-21-24(18-20)32-23-11-6-5-10-22(23)27-25(21)28-14-7-15-29(17-16-28)26(30)19-8-3-2-4-9-19/h5-6,10-13,18-19H,2-4,7-9,14-17H2,1H3. The molecular formula is C26H31N3O3. The third kappa shape index (κ3) is 4.18. The van der Waals surface area contributed by atoms with Gasteiger partial charge in [0.15, 0.2) is 5.75 Å². The van der Waals surface area contributed by atoms with Crippen molar-refractivity contribution in [2.75, 3.05) is 33.3 Å². The summed E-state index contributed by atoms with van der Waals surface area (Å²) in [5, 5.41) is 0. The number of hydrogen-bond donors (Lipinski definition) is 0. The van der Waals surface area contributed by atoms with Crippen LogP contribution in [0, 0.1) is 5.92 Å². The molecule has 1 amide bonds.